The molecule has 9 nitrogen and oxygen atoms in total. The Hall–Kier alpha value is -2.82. The van der Waals surface area contributed by atoms with Crippen molar-refractivity contribution in [1.82, 2.24) is 24.6 Å². The van der Waals surface area contributed by atoms with E-state index in [4.69, 9.17) is 0 Å². The summed E-state index contributed by atoms with van der Waals surface area (Å²) >= 11 is 0. The van der Waals surface area contributed by atoms with E-state index in [-0.39, 0.29) is 36.9 Å². The number of amides is 1. The Morgan fingerprint density at radius 1 is 1.21 bits per heavy atom. The van der Waals surface area contributed by atoms with E-state index >= 15 is 0 Å². The minimum atomic E-state index is -2.48. The first-order valence-corrected chi connectivity index (χ1v) is 12.0. The Bertz CT molecular complexity index is 1060. The number of carbonyl (C=O) groups is 1. The molecule has 11 heteroatoms. The number of carbonyl (C=O) groups excluding carboxylic acids is 1. The molecule has 2 N–H and O–H groups in total. The van der Waals surface area contributed by atoms with Gasteiger partial charge in [0.2, 0.25) is 17.8 Å². The van der Waals surface area contributed by atoms with Gasteiger partial charge < -0.3 is 15.5 Å². The number of halogens is 2. The van der Waals surface area contributed by atoms with Crippen molar-refractivity contribution in [1.29, 1.82) is 0 Å². The largest absolute Gasteiger partial charge is 0.350 e. The van der Waals surface area contributed by atoms with Crippen LogP contribution in [0.2, 0.25) is 0 Å². The van der Waals surface area contributed by atoms with Crippen molar-refractivity contribution in [3.05, 3.63) is 23.7 Å². The fraction of sp³-hybridized carbons (Fsp3) is 0.652. The second-order valence-corrected chi connectivity index (χ2v) is 9.81. The zero-order chi connectivity index (χ0) is 24.0. The van der Waals surface area contributed by atoms with Gasteiger partial charge in [-0.1, -0.05) is 0 Å². The van der Waals surface area contributed by atoms with Crippen molar-refractivity contribution in [3.8, 4) is 0 Å². The topological polar surface area (TPSA) is 91.2 Å². The van der Waals surface area contributed by atoms with Crippen LogP contribution in [0.1, 0.15) is 56.3 Å². The van der Waals surface area contributed by atoms with Crippen LogP contribution in [0.3, 0.4) is 0 Å². The molecule has 5 rings (SSSR count). The number of nitrogens with one attached hydrogen (secondary N) is 2. The van der Waals surface area contributed by atoms with Gasteiger partial charge in [0.1, 0.15) is 11.7 Å². The number of aromatic nitrogens is 4. The Kier molecular flexibility index (Phi) is 5.91. The van der Waals surface area contributed by atoms with E-state index in [1.54, 1.807) is 0 Å². The molecule has 0 spiro atoms. The quantitative estimate of drug-likeness (QED) is 0.688. The minimum absolute atomic E-state index is 0.00172. The molecule has 2 aliphatic heterocycles. The van der Waals surface area contributed by atoms with Gasteiger partial charge in [0, 0.05) is 57.3 Å². The smallest absolute Gasteiger partial charge is 0.248 e. The van der Waals surface area contributed by atoms with Gasteiger partial charge in [-0.15, -0.1) is 0 Å². The lowest BCUT2D eigenvalue weighted by Gasteiger charge is -2.34. The Labute approximate surface area is 197 Å². The first kappa shape index (κ1) is 22.9. The van der Waals surface area contributed by atoms with E-state index in [1.165, 1.54) is 0 Å². The van der Waals surface area contributed by atoms with Gasteiger partial charge in [0.05, 0.1) is 17.9 Å². The van der Waals surface area contributed by atoms with Crippen molar-refractivity contribution in [2.24, 2.45) is 0 Å². The molecular weight excluding hydrogens is 442 g/mol. The number of fused-ring (bicyclic) bond motifs is 1. The maximum Gasteiger partial charge on any atom is 0.248 e. The molecule has 1 amide bonds. The summed E-state index contributed by atoms with van der Waals surface area (Å²) in [6, 6.07) is 0.220. The summed E-state index contributed by atoms with van der Waals surface area (Å²) in [7, 11) is 1.85. The molecule has 0 aromatic carbocycles. The van der Waals surface area contributed by atoms with Gasteiger partial charge in [0.15, 0.2) is 5.82 Å². The zero-order valence-corrected chi connectivity index (χ0v) is 19.9. The van der Waals surface area contributed by atoms with Gasteiger partial charge >= 0.3 is 0 Å². The Morgan fingerprint density at radius 2 is 1.97 bits per heavy atom. The summed E-state index contributed by atoms with van der Waals surface area (Å²) in [6.45, 7) is 6.00. The summed E-state index contributed by atoms with van der Waals surface area (Å²) in [6.07, 6.45) is 6.01. The van der Waals surface area contributed by atoms with Crippen LogP contribution in [0.15, 0.2) is 12.4 Å². The molecular formula is C23H32F2N8O. The number of hydrogen-bond donors (Lipinski definition) is 2. The molecule has 2 aromatic rings. The van der Waals surface area contributed by atoms with Gasteiger partial charge in [-0.05, 0) is 33.1 Å². The number of rotatable bonds is 5. The molecule has 0 radical (unpaired) electrons. The summed E-state index contributed by atoms with van der Waals surface area (Å²) in [4.78, 5) is 25.4. The third-order valence-corrected chi connectivity index (χ3v) is 7.49. The highest BCUT2D eigenvalue weighted by Gasteiger charge is 2.39. The average molecular weight is 475 g/mol. The van der Waals surface area contributed by atoms with E-state index in [0.29, 0.717) is 42.5 Å². The molecule has 2 atom stereocenters. The van der Waals surface area contributed by atoms with Crippen molar-refractivity contribution < 1.29 is 13.6 Å². The highest BCUT2D eigenvalue weighted by atomic mass is 19.3. The summed E-state index contributed by atoms with van der Waals surface area (Å²) < 4.78 is 29.0. The summed E-state index contributed by atoms with van der Waals surface area (Å²) in [5.74, 6) is -1.35. The highest BCUT2D eigenvalue weighted by molar-refractivity contribution is 6.03. The van der Waals surface area contributed by atoms with Crippen molar-refractivity contribution in [2.45, 2.75) is 76.5 Å². The number of anilines is 3. The van der Waals surface area contributed by atoms with Crippen LogP contribution in [0.4, 0.5) is 26.2 Å². The number of likely N-dealkylation sites (N-methyl/N-ethyl adjacent to an activating group) is 1. The molecule has 2 fully saturated rings. The van der Waals surface area contributed by atoms with Gasteiger partial charge in [-0.2, -0.15) is 10.1 Å². The van der Waals surface area contributed by atoms with E-state index in [0.717, 1.165) is 25.1 Å². The first-order valence-electron chi connectivity index (χ1n) is 12.0. The minimum Gasteiger partial charge on any atom is -0.350 e. The molecule has 1 unspecified atom stereocenters. The lowest BCUT2D eigenvalue weighted by Crippen LogP contribution is -2.44. The molecule has 0 bridgehead atoms. The monoisotopic (exact) mass is 474 g/mol. The number of nitrogens with zero attached hydrogens (tertiary/aromatic N) is 6. The normalized spacial score (nSPS) is 25.3. The van der Waals surface area contributed by atoms with Crippen LogP contribution in [0.25, 0.3) is 0 Å². The highest BCUT2D eigenvalue weighted by Crippen LogP contribution is 2.37. The Balaban J connectivity index is 1.19. The molecule has 34 heavy (non-hydrogen) atoms. The van der Waals surface area contributed by atoms with Crippen LogP contribution in [0, 0.1) is 6.92 Å². The SMILES string of the molecule is Cc1nc(NCc2cnn(C3CCN(C4CCC(F)(F)CC4)C3)c2)nc2c1NC(=O)[C@H](C)N2C. The van der Waals surface area contributed by atoms with Crippen molar-refractivity contribution >= 4 is 23.4 Å². The summed E-state index contributed by atoms with van der Waals surface area (Å²) in [5, 5.41) is 10.7. The average Bonchev–Trinajstić information content (AvgIpc) is 3.47. The van der Waals surface area contributed by atoms with Crippen molar-refractivity contribution in [2.75, 3.05) is 35.7 Å². The van der Waals surface area contributed by atoms with E-state index in [2.05, 4.69) is 30.6 Å². The Morgan fingerprint density at radius 3 is 2.74 bits per heavy atom. The molecule has 2 aromatic heterocycles. The van der Waals surface area contributed by atoms with Crippen LogP contribution in [-0.4, -0.2) is 68.7 Å². The van der Waals surface area contributed by atoms with Crippen LogP contribution in [-0.2, 0) is 11.3 Å². The van der Waals surface area contributed by atoms with Gasteiger partial charge in [-0.3, -0.25) is 14.4 Å². The van der Waals surface area contributed by atoms with Crippen LogP contribution < -0.4 is 15.5 Å². The number of likely N-dealkylation sites (tertiary alicyclic amines) is 1. The molecule has 1 aliphatic carbocycles. The molecule has 4 heterocycles. The standard InChI is InChI=1S/C23H32F2N8O/c1-14-19-20(31(3)15(2)21(34)29-19)30-22(28-14)26-10-16-11-27-33(12-16)18-6-9-32(13-18)17-4-7-23(24,25)8-5-17/h11-12,15,17-18H,4-10,13H2,1-3H3,(H,29,34)(H,26,28,30)/t15-,18?/m0/s1. The maximum atomic E-state index is 13.5. The molecule has 3 aliphatic rings. The first-order chi connectivity index (χ1) is 16.2. The fourth-order valence-corrected chi connectivity index (χ4v) is 5.18. The van der Waals surface area contributed by atoms with E-state index in [9.17, 15) is 13.6 Å². The number of alkyl halides is 2. The van der Waals surface area contributed by atoms with E-state index in [1.807, 2.05) is 42.9 Å². The van der Waals surface area contributed by atoms with Gasteiger partial charge in [-0.25, -0.2) is 13.8 Å². The molecule has 1 saturated carbocycles. The van der Waals surface area contributed by atoms with Gasteiger partial charge in [0.25, 0.3) is 0 Å². The molecule has 1 saturated heterocycles. The van der Waals surface area contributed by atoms with Crippen molar-refractivity contribution in [3.63, 3.8) is 0 Å². The number of hydrogen-bond acceptors (Lipinski definition) is 7. The zero-order valence-electron chi connectivity index (χ0n) is 19.9. The lowest BCUT2D eigenvalue weighted by molar-refractivity contribution is -0.117. The predicted molar refractivity (Wildman–Crippen MR) is 125 cm³/mol. The second kappa shape index (κ2) is 8.75. The fourth-order valence-electron chi connectivity index (χ4n) is 5.18. The molecule has 184 valence electrons. The van der Waals surface area contributed by atoms with E-state index < -0.39 is 5.92 Å². The number of aryl methyl sites for hydroxylation is 1. The van der Waals surface area contributed by atoms with Crippen LogP contribution in [0.5, 0.6) is 0 Å². The predicted octanol–water partition coefficient (Wildman–Crippen LogP) is 3.20. The van der Waals surface area contributed by atoms with Crippen LogP contribution >= 0.6 is 0 Å². The summed E-state index contributed by atoms with van der Waals surface area (Å²) in [5.41, 5.74) is 2.38. The third kappa shape index (κ3) is 4.45. The second-order valence-electron chi connectivity index (χ2n) is 9.81. The third-order valence-electron chi connectivity index (χ3n) is 7.49. The maximum absolute atomic E-state index is 13.5. The lowest BCUT2D eigenvalue weighted by atomic mass is 9.91.